The minimum atomic E-state index is -0.291. The molecule has 0 amide bonds. The summed E-state index contributed by atoms with van der Waals surface area (Å²) in [6.07, 6.45) is 16.3. The average Bonchev–Trinajstić information content (AvgIpc) is 1.63. The lowest BCUT2D eigenvalue weighted by Gasteiger charge is -2.24. The molecule has 0 fully saturated rings. The predicted molar refractivity (Wildman–Crippen MR) is 405 cm³/mol. The van der Waals surface area contributed by atoms with Crippen LogP contribution in [0.5, 0.6) is 28.7 Å². The molecule has 0 spiro atoms. The quantitative estimate of drug-likeness (QED) is 0.0227. The molecular weight excluding hydrogens is 1260 g/mol. The van der Waals surface area contributed by atoms with Crippen LogP contribution in [0.1, 0.15) is 131 Å². The molecule has 0 unspecified atom stereocenters. The molecule has 0 aliphatic heterocycles. The van der Waals surface area contributed by atoms with Gasteiger partial charge in [0.05, 0.1) is 0 Å². The maximum Gasteiger partial charge on any atom is 0.308 e. The molecule has 10 rings (SSSR count). The van der Waals surface area contributed by atoms with Gasteiger partial charge in [0, 0.05) is 165 Å². The van der Waals surface area contributed by atoms with Crippen molar-refractivity contribution in [3.8, 4) is 28.7 Å². The Kier molecular flexibility index (Phi) is 32.2. The number of nitrogens with zero attached hydrogens (tertiary/aromatic N) is 5. The molecular formula is C80H110N10O10. The fraction of sp³-hybridized carbons (Fsp3) is 0.438. The van der Waals surface area contributed by atoms with Gasteiger partial charge in [-0.25, -0.2) is 0 Å². The van der Waals surface area contributed by atoms with Crippen LogP contribution in [0.2, 0.25) is 0 Å². The molecule has 0 bridgehead atoms. The fourth-order valence-electron chi connectivity index (χ4n) is 11.7. The molecule has 20 heteroatoms. The maximum absolute atomic E-state index is 11.1. The third-order valence-corrected chi connectivity index (χ3v) is 17.7. The third-order valence-electron chi connectivity index (χ3n) is 17.7. The molecule has 0 saturated carbocycles. The van der Waals surface area contributed by atoms with Crippen molar-refractivity contribution in [3.05, 3.63) is 150 Å². The van der Waals surface area contributed by atoms with Gasteiger partial charge in [-0.05, 0) is 239 Å². The van der Waals surface area contributed by atoms with Crippen molar-refractivity contribution in [2.75, 3.05) is 86.6 Å². The van der Waals surface area contributed by atoms with Crippen LogP contribution in [0, 0.1) is 0 Å². The second kappa shape index (κ2) is 40.3. The number of aromatic nitrogens is 5. The molecule has 5 heterocycles. The topological polar surface area (TPSA) is 227 Å². The molecule has 0 aliphatic carbocycles. The highest BCUT2D eigenvalue weighted by Crippen LogP contribution is 2.30. The molecule has 10 aromatic rings. The first-order valence-electron chi connectivity index (χ1n) is 35.3. The number of carbonyl (C=O) groups is 5. The number of nitrogens with one attached hydrogen (secondary N) is 5. The van der Waals surface area contributed by atoms with Crippen LogP contribution >= 0.6 is 0 Å². The van der Waals surface area contributed by atoms with Crippen LogP contribution in [-0.2, 0) is 56.1 Å². The number of likely N-dealkylation sites (N-methyl/N-ethyl adjacent to an activating group) is 5. The van der Waals surface area contributed by atoms with Crippen LogP contribution in [0.25, 0.3) is 54.5 Å². The molecule has 20 nitrogen and oxygen atoms in total. The zero-order chi connectivity index (χ0) is 73.0. The van der Waals surface area contributed by atoms with E-state index in [-0.39, 0.29) is 29.8 Å². The van der Waals surface area contributed by atoms with Crippen LogP contribution in [0.4, 0.5) is 0 Å². The van der Waals surface area contributed by atoms with Crippen LogP contribution < -0.4 is 23.7 Å². The highest BCUT2D eigenvalue weighted by atomic mass is 16.5. The Balaban J connectivity index is 0.000000197. The van der Waals surface area contributed by atoms with Gasteiger partial charge in [-0.15, -0.1) is 0 Å². The van der Waals surface area contributed by atoms with E-state index in [1.54, 1.807) is 0 Å². The highest BCUT2D eigenvalue weighted by Gasteiger charge is 2.15. The third kappa shape index (κ3) is 25.3. The van der Waals surface area contributed by atoms with Crippen molar-refractivity contribution in [2.24, 2.45) is 0 Å². The molecule has 0 aliphatic rings. The first-order chi connectivity index (χ1) is 47.8. The van der Waals surface area contributed by atoms with Crippen molar-refractivity contribution < 1.29 is 47.7 Å². The van der Waals surface area contributed by atoms with Gasteiger partial charge in [-0.2, -0.15) is 0 Å². The summed E-state index contributed by atoms with van der Waals surface area (Å²) < 4.78 is 25.7. The highest BCUT2D eigenvalue weighted by molar-refractivity contribution is 5.89. The number of carbonyl (C=O) groups excluding carboxylic acids is 5. The standard InChI is InChI=1S/C17H24N2O2.3C16H22N2O2.C15H20N2O2/c1-5-19(12(2)3)9-8-14-11-18-17-7-6-15(10-16(14)17)21-13(4)20;1-11(2)18(4)8-7-13-10-17-16-6-5-14(9-15(13)16)20-12(3)19;1-4-8-18(3)9-7-13-11-17-16-6-5-14(10-15(13)16)20-12(2)19;1-4-18(5-2)9-8-13-11-17-16-7-6-14(10-15(13)16)20-12(3)19;1-4-17(3)8-7-12-10-16-15-6-5-13(9-14(12)15)19-11(2)18/h6-7,10-12,18H,5,8-9H2,1-4H3;5-6,9-11,17H,7-8H2,1-4H3;5-6,10-11,17H,4,7-9H2,1-3H3;6-7,10-11,17H,4-5,8-9H2,1-3H3;5-6,9-10,16H,4,7-8H2,1-3H3. The monoisotopic (exact) mass is 1370 g/mol. The number of hydrogen-bond acceptors (Lipinski definition) is 15. The first kappa shape index (κ1) is 79.9. The summed E-state index contributed by atoms with van der Waals surface area (Å²) in [5, 5.41) is 5.65. The number of benzene rings is 5. The summed E-state index contributed by atoms with van der Waals surface area (Å²) in [6.45, 7) is 37.2. The molecule has 0 saturated heterocycles. The lowest BCUT2D eigenvalue weighted by Crippen LogP contribution is -2.32. The Labute approximate surface area is 591 Å². The second-order valence-corrected chi connectivity index (χ2v) is 25.8. The van der Waals surface area contributed by atoms with E-state index >= 15 is 0 Å². The summed E-state index contributed by atoms with van der Waals surface area (Å²) in [4.78, 5) is 83.2. The molecule has 5 N–H and O–H groups in total. The Morgan fingerprint density at radius 3 is 0.870 bits per heavy atom. The number of aromatic amines is 5. The van der Waals surface area contributed by atoms with Gasteiger partial charge in [0.2, 0.25) is 0 Å². The fourth-order valence-corrected chi connectivity index (χ4v) is 11.7. The molecule has 100 heavy (non-hydrogen) atoms. The van der Waals surface area contributed by atoms with E-state index in [4.69, 9.17) is 23.7 Å². The largest absolute Gasteiger partial charge is 0.427 e. The summed E-state index contributed by atoms with van der Waals surface area (Å²) >= 11 is 0. The van der Waals surface area contributed by atoms with Crippen LogP contribution in [0.3, 0.4) is 0 Å². The van der Waals surface area contributed by atoms with E-state index in [2.05, 4.69) is 139 Å². The number of ether oxygens (including phenoxy) is 5. The zero-order valence-corrected chi connectivity index (χ0v) is 62.3. The van der Waals surface area contributed by atoms with E-state index in [0.29, 0.717) is 40.8 Å². The van der Waals surface area contributed by atoms with Crippen molar-refractivity contribution in [3.63, 3.8) is 0 Å². The summed E-state index contributed by atoms with van der Waals surface area (Å²) in [7, 11) is 6.38. The Morgan fingerprint density at radius 1 is 0.340 bits per heavy atom. The molecule has 0 atom stereocenters. The van der Waals surface area contributed by atoms with Gasteiger partial charge in [0.1, 0.15) is 28.7 Å². The maximum atomic E-state index is 11.1. The lowest BCUT2D eigenvalue weighted by atomic mass is 10.1. The van der Waals surface area contributed by atoms with Gasteiger partial charge in [-0.3, -0.25) is 24.0 Å². The number of fused-ring (bicyclic) bond motifs is 5. The van der Waals surface area contributed by atoms with Crippen molar-refractivity contribution in [1.82, 2.24) is 49.4 Å². The van der Waals surface area contributed by atoms with Crippen molar-refractivity contribution in [1.29, 1.82) is 0 Å². The SMILES string of the molecule is CC(=O)Oc1ccc2[nH]cc(CCN(C)C(C)C)c2c1.CCCN(C)CCc1c[nH]c2ccc(OC(C)=O)cc12.CCN(C)CCc1c[nH]c2ccc(OC(C)=O)cc12.CCN(CC)CCc1c[nH]c2ccc(OC(C)=O)cc12.CCN(CCc1c[nH]c2ccc(OC(C)=O)cc12)C(C)C. The molecule has 0 radical (unpaired) electrons. The Bertz CT molecular complexity index is 4110. The van der Waals surface area contributed by atoms with Crippen LogP contribution in [-0.4, -0.2) is 178 Å². The van der Waals surface area contributed by atoms with Gasteiger partial charge in [-0.1, -0.05) is 34.6 Å². The molecule has 5 aromatic carbocycles. The second-order valence-electron chi connectivity index (χ2n) is 25.8. The van der Waals surface area contributed by atoms with E-state index < -0.39 is 0 Å². The van der Waals surface area contributed by atoms with Gasteiger partial charge < -0.3 is 73.1 Å². The smallest absolute Gasteiger partial charge is 0.308 e. The van der Waals surface area contributed by atoms with E-state index in [0.717, 1.165) is 152 Å². The number of H-pyrrole nitrogens is 5. The van der Waals surface area contributed by atoms with E-state index in [1.165, 1.54) is 68.9 Å². The van der Waals surface area contributed by atoms with E-state index in [9.17, 15) is 24.0 Å². The van der Waals surface area contributed by atoms with Crippen LogP contribution in [0.15, 0.2) is 122 Å². The Morgan fingerprint density at radius 2 is 0.620 bits per heavy atom. The summed E-state index contributed by atoms with van der Waals surface area (Å²) in [5.74, 6) is 1.57. The minimum absolute atomic E-state index is 0.287. The normalized spacial score (nSPS) is 11.3. The van der Waals surface area contributed by atoms with Crippen molar-refractivity contribution in [2.45, 2.75) is 148 Å². The average molecular weight is 1370 g/mol. The number of esters is 5. The Hall–Kier alpha value is -9.05. The molecule has 540 valence electrons. The minimum Gasteiger partial charge on any atom is -0.427 e. The van der Waals surface area contributed by atoms with Gasteiger partial charge in [0.25, 0.3) is 0 Å². The van der Waals surface area contributed by atoms with Gasteiger partial charge in [0.15, 0.2) is 0 Å². The van der Waals surface area contributed by atoms with Crippen molar-refractivity contribution >= 4 is 84.4 Å². The predicted octanol–water partition coefficient (Wildman–Crippen LogP) is 14.9. The molecule has 5 aromatic heterocycles. The first-order valence-corrected chi connectivity index (χ1v) is 35.3. The summed E-state index contributed by atoms with van der Waals surface area (Å²) in [5.41, 5.74) is 11.7. The lowest BCUT2D eigenvalue weighted by molar-refractivity contribution is -0.132. The number of hydrogen-bond donors (Lipinski definition) is 5. The van der Waals surface area contributed by atoms with E-state index in [1.807, 2.05) is 116 Å². The zero-order valence-electron chi connectivity index (χ0n) is 62.3. The van der Waals surface area contributed by atoms with Gasteiger partial charge >= 0.3 is 29.8 Å². The summed E-state index contributed by atoms with van der Waals surface area (Å²) in [6, 6.07) is 29.6. The number of rotatable bonds is 28.